The molecule has 0 radical (unpaired) electrons. The van der Waals surface area contributed by atoms with Crippen molar-refractivity contribution in [2.24, 2.45) is 0 Å². The van der Waals surface area contributed by atoms with E-state index in [2.05, 4.69) is 0 Å². The molecule has 2 aromatic rings. The van der Waals surface area contributed by atoms with E-state index in [4.69, 9.17) is 34.2 Å². The van der Waals surface area contributed by atoms with Gasteiger partial charge in [-0.3, -0.25) is 5.73 Å². The molecule has 0 aliphatic carbocycles. The molecule has 0 bridgehead atoms. The Hall–Kier alpha value is -1.97. The third-order valence-electron chi connectivity index (χ3n) is 2.23. The van der Waals surface area contributed by atoms with E-state index in [1.807, 2.05) is 0 Å². The van der Waals surface area contributed by atoms with Crippen LogP contribution in [0, 0.1) is 21.7 Å². The fraction of sp³-hybridized carbons (Fsp3) is 0. The van der Waals surface area contributed by atoms with E-state index >= 15 is 0 Å². The van der Waals surface area contributed by atoms with Gasteiger partial charge in [-0.05, 0) is 0 Å². The summed E-state index contributed by atoms with van der Waals surface area (Å²) in [5.74, 6) is -0.478. The molecule has 1 aromatic heterocycles. The number of nitrogen functional groups attached to an aromatic ring is 1. The number of anilines is 1. The quantitative estimate of drug-likeness (QED) is 0.566. The largest absolute Gasteiger partial charge is 0.710 e. The third-order valence-corrected chi connectivity index (χ3v) is 2.95. The first-order valence-corrected chi connectivity index (χ1v) is 5.06. The van der Waals surface area contributed by atoms with Crippen LogP contribution < -0.4 is 15.2 Å². The molecule has 0 unspecified atom stereocenters. The molecule has 0 amide bonds. The number of nitriles is 1. The summed E-state index contributed by atoms with van der Waals surface area (Å²) in [5.41, 5.74) is 4.78. The number of hydrogen-bond donors (Lipinski definition) is 1. The zero-order valence-corrected chi connectivity index (χ0v) is 9.66. The number of fused-ring (bicyclic) bond motifs is 1. The number of benzene rings is 1. The minimum Gasteiger partial charge on any atom is -0.710 e. The smallest absolute Gasteiger partial charge is 0.385 e. The van der Waals surface area contributed by atoms with Crippen molar-refractivity contribution < 1.29 is 9.46 Å². The number of hydrogen-bond acceptors (Lipinski definition) is 4. The lowest BCUT2D eigenvalue weighted by Crippen LogP contribution is -2.43. The minimum atomic E-state index is -0.481. The molecule has 0 aliphatic heterocycles. The van der Waals surface area contributed by atoms with Crippen molar-refractivity contribution in [3.63, 3.8) is 0 Å². The van der Waals surface area contributed by atoms with Gasteiger partial charge in [0.1, 0.15) is 0 Å². The Balaban J connectivity index is 3.05. The highest BCUT2D eigenvalue weighted by Crippen LogP contribution is 2.25. The summed E-state index contributed by atoms with van der Waals surface area (Å²) in [6.45, 7) is 0. The summed E-state index contributed by atoms with van der Waals surface area (Å²) in [4.78, 5) is 0. The maximum absolute atomic E-state index is 11.8. The molecule has 0 saturated heterocycles. The van der Waals surface area contributed by atoms with Crippen molar-refractivity contribution in [3.8, 4) is 6.07 Å². The van der Waals surface area contributed by atoms with Crippen molar-refractivity contribution in [2.75, 3.05) is 5.73 Å². The first kappa shape index (κ1) is 11.5. The van der Waals surface area contributed by atoms with Crippen LogP contribution in [0.15, 0.2) is 12.1 Å². The predicted molar refractivity (Wildman–Crippen MR) is 61.0 cm³/mol. The summed E-state index contributed by atoms with van der Waals surface area (Å²) in [6, 6.07) is 3.99. The molecule has 0 aliphatic rings. The second-order valence-corrected chi connectivity index (χ2v) is 4.00. The Morgan fingerprint density at radius 3 is 2.06 bits per heavy atom. The SMILES string of the molecule is N#Cc1c(N)[n+]([O-])c2cc(Cl)c(Cl)cc2[n+]1[O-]. The highest BCUT2D eigenvalue weighted by molar-refractivity contribution is 6.42. The Bertz CT molecular complexity index is 681. The number of rotatable bonds is 0. The molecule has 0 fully saturated rings. The first-order valence-electron chi connectivity index (χ1n) is 4.30. The van der Waals surface area contributed by atoms with Gasteiger partial charge < -0.3 is 10.4 Å². The van der Waals surface area contributed by atoms with E-state index < -0.39 is 11.5 Å². The van der Waals surface area contributed by atoms with Crippen molar-refractivity contribution in [1.29, 1.82) is 5.26 Å². The normalized spacial score (nSPS) is 10.4. The van der Waals surface area contributed by atoms with Gasteiger partial charge in [-0.15, -0.1) is 4.73 Å². The molecule has 8 heteroatoms. The summed E-state index contributed by atoms with van der Waals surface area (Å²) in [6.07, 6.45) is 0. The molecule has 1 aromatic carbocycles. The van der Waals surface area contributed by atoms with Crippen LogP contribution in [0.5, 0.6) is 0 Å². The van der Waals surface area contributed by atoms with Crippen molar-refractivity contribution in [1.82, 2.24) is 0 Å². The number of aromatic nitrogens is 2. The first-order chi connectivity index (χ1) is 7.97. The molecule has 6 nitrogen and oxygen atoms in total. The van der Waals surface area contributed by atoms with Crippen LogP contribution in [-0.2, 0) is 0 Å². The second-order valence-electron chi connectivity index (χ2n) is 3.19. The van der Waals surface area contributed by atoms with Crippen LogP contribution in [0.3, 0.4) is 0 Å². The van der Waals surface area contributed by atoms with Crippen molar-refractivity contribution >= 4 is 40.1 Å². The fourth-order valence-electron chi connectivity index (χ4n) is 1.40. The fourth-order valence-corrected chi connectivity index (χ4v) is 1.72. The molecule has 2 N–H and O–H groups in total. The molecular weight excluding hydrogens is 267 g/mol. The van der Waals surface area contributed by atoms with Crippen LogP contribution in [0.25, 0.3) is 11.0 Å². The summed E-state index contributed by atoms with van der Waals surface area (Å²) < 4.78 is 0.520. The van der Waals surface area contributed by atoms with E-state index in [0.29, 0.717) is 0 Å². The highest BCUT2D eigenvalue weighted by Gasteiger charge is 2.24. The molecule has 0 saturated carbocycles. The predicted octanol–water partition coefficient (Wildman–Crippen LogP) is 0.867. The molecule has 17 heavy (non-hydrogen) atoms. The van der Waals surface area contributed by atoms with E-state index in [-0.39, 0.29) is 30.5 Å². The average molecular weight is 271 g/mol. The Morgan fingerprint density at radius 1 is 1.12 bits per heavy atom. The monoisotopic (exact) mass is 270 g/mol. The zero-order valence-electron chi connectivity index (χ0n) is 8.15. The van der Waals surface area contributed by atoms with Crippen LogP contribution in [0.2, 0.25) is 10.0 Å². The van der Waals surface area contributed by atoms with Crippen molar-refractivity contribution in [3.05, 3.63) is 38.3 Å². The van der Waals surface area contributed by atoms with Crippen LogP contribution in [0.1, 0.15) is 5.69 Å². The Morgan fingerprint density at radius 2 is 1.59 bits per heavy atom. The second kappa shape index (κ2) is 3.80. The lowest BCUT2D eigenvalue weighted by molar-refractivity contribution is -0.620. The molecule has 0 atom stereocenters. The van der Waals surface area contributed by atoms with Gasteiger partial charge in [0.25, 0.3) is 5.52 Å². The highest BCUT2D eigenvalue weighted by atomic mass is 35.5. The zero-order chi connectivity index (χ0) is 12.7. The van der Waals surface area contributed by atoms with Gasteiger partial charge in [-0.2, -0.15) is 5.26 Å². The van der Waals surface area contributed by atoms with Crippen LogP contribution in [0.4, 0.5) is 5.82 Å². The Kier molecular flexibility index (Phi) is 2.58. The summed E-state index contributed by atoms with van der Waals surface area (Å²) in [5, 5.41) is 32.4. The molecule has 86 valence electrons. The van der Waals surface area contributed by atoms with Crippen molar-refractivity contribution in [2.45, 2.75) is 0 Å². The van der Waals surface area contributed by atoms with E-state index in [9.17, 15) is 10.4 Å². The van der Waals surface area contributed by atoms with Crippen LogP contribution >= 0.6 is 23.2 Å². The van der Waals surface area contributed by atoms with E-state index in [1.165, 1.54) is 12.1 Å². The third kappa shape index (κ3) is 1.56. The van der Waals surface area contributed by atoms with Gasteiger partial charge in [0.15, 0.2) is 6.07 Å². The molecule has 0 spiro atoms. The van der Waals surface area contributed by atoms with E-state index in [0.717, 1.165) is 0 Å². The minimum absolute atomic E-state index is 0.0501. The van der Waals surface area contributed by atoms with Gasteiger partial charge in [0.2, 0.25) is 5.52 Å². The van der Waals surface area contributed by atoms with Gasteiger partial charge >= 0.3 is 11.5 Å². The maximum Gasteiger partial charge on any atom is 0.385 e. The average Bonchev–Trinajstić information content (AvgIpc) is 2.30. The van der Waals surface area contributed by atoms with Gasteiger partial charge in [-0.1, -0.05) is 23.2 Å². The number of halogens is 2. The lowest BCUT2D eigenvalue weighted by Gasteiger charge is -2.11. The molecule has 1 heterocycles. The van der Waals surface area contributed by atoms with E-state index in [1.54, 1.807) is 6.07 Å². The summed E-state index contributed by atoms with van der Waals surface area (Å²) in [7, 11) is 0. The molecular formula is C9H4Cl2N4O2. The lowest BCUT2D eigenvalue weighted by atomic mass is 10.3. The standard InChI is InChI=1S/C9H4Cl2N4O2/c10-4-1-6-7(2-5(4)11)15(17)9(13)8(3-12)14(6)16/h1-2H,13H2. The number of nitrogens with two attached hydrogens (primary N) is 1. The van der Waals surface area contributed by atoms with Gasteiger partial charge in [0, 0.05) is 12.1 Å². The van der Waals surface area contributed by atoms with Crippen LogP contribution in [-0.4, -0.2) is 0 Å². The maximum atomic E-state index is 11.8. The summed E-state index contributed by atoms with van der Waals surface area (Å²) >= 11 is 11.5. The topological polar surface area (TPSA) is 104 Å². The molecule has 2 rings (SSSR count). The van der Waals surface area contributed by atoms with Gasteiger partial charge in [0.05, 0.1) is 10.0 Å². The Labute approximate surface area is 105 Å². The van der Waals surface area contributed by atoms with Gasteiger partial charge in [-0.25, -0.2) is 4.73 Å². The number of nitrogens with zero attached hydrogens (tertiary/aromatic N) is 3.